The number of hydrogen-bond acceptors (Lipinski definition) is 3. The minimum atomic E-state index is -2.92. The van der Waals surface area contributed by atoms with Gasteiger partial charge in [0.2, 0.25) is 0 Å². The van der Waals surface area contributed by atoms with E-state index < -0.39 is 18.5 Å². The van der Waals surface area contributed by atoms with Gasteiger partial charge in [0.05, 0.1) is 6.04 Å². The summed E-state index contributed by atoms with van der Waals surface area (Å²) in [4.78, 5) is 0. The average molecular weight is 361 g/mol. The van der Waals surface area contributed by atoms with Crippen LogP contribution in [-0.4, -0.2) is 6.61 Å². The van der Waals surface area contributed by atoms with Crippen molar-refractivity contribution < 1.29 is 17.9 Å². The van der Waals surface area contributed by atoms with Crippen molar-refractivity contribution in [3.63, 3.8) is 0 Å². The standard InChI is InChI=1S/C14H12BrF3N2O/c15-9-4-5-12(16)11(7-9)13(20-19)8-2-1-3-10(6-8)21-14(17)18/h1-7,13-14,20H,19H2. The van der Waals surface area contributed by atoms with Gasteiger partial charge in [-0.15, -0.1) is 0 Å². The van der Waals surface area contributed by atoms with Crippen molar-refractivity contribution in [2.24, 2.45) is 5.84 Å². The van der Waals surface area contributed by atoms with E-state index in [1.54, 1.807) is 18.2 Å². The normalized spacial score (nSPS) is 12.5. The van der Waals surface area contributed by atoms with Crippen LogP contribution in [0, 0.1) is 5.82 Å². The van der Waals surface area contributed by atoms with Gasteiger partial charge in [0.25, 0.3) is 0 Å². The van der Waals surface area contributed by atoms with E-state index in [1.807, 2.05) is 0 Å². The smallest absolute Gasteiger partial charge is 0.387 e. The largest absolute Gasteiger partial charge is 0.435 e. The molecule has 0 amide bonds. The van der Waals surface area contributed by atoms with E-state index in [0.29, 0.717) is 15.6 Å². The van der Waals surface area contributed by atoms with Crippen LogP contribution in [0.25, 0.3) is 0 Å². The van der Waals surface area contributed by atoms with Gasteiger partial charge in [-0.05, 0) is 35.9 Å². The van der Waals surface area contributed by atoms with Crippen LogP contribution < -0.4 is 16.0 Å². The van der Waals surface area contributed by atoms with Gasteiger partial charge in [-0.25, -0.2) is 9.82 Å². The molecule has 7 heteroatoms. The first-order valence-corrected chi connectivity index (χ1v) is 6.76. The van der Waals surface area contributed by atoms with Crippen molar-refractivity contribution in [3.05, 3.63) is 63.9 Å². The lowest BCUT2D eigenvalue weighted by Crippen LogP contribution is -2.29. The highest BCUT2D eigenvalue weighted by atomic mass is 79.9. The van der Waals surface area contributed by atoms with E-state index in [4.69, 9.17) is 5.84 Å². The van der Waals surface area contributed by atoms with Crippen molar-refractivity contribution in [3.8, 4) is 5.75 Å². The second-order valence-electron chi connectivity index (χ2n) is 4.22. The maximum absolute atomic E-state index is 13.9. The van der Waals surface area contributed by atoms with Crippen LogP contribution in [-0.2, 0) is 0 Å². The molecule has 0 saturated heterocycles. The molecule has 0 aliphatic carbocycles. The van der Waals surface area contributed by atoms with Gasteiger partial charge in [-0.3, -0.25) is 5.84 Å². The molecule has 3 N–H and O–H groups in total. The Hall–Kier alpha value is -1.57. The maximum Gasteiger partial charge on any atom is 0.387 e. The molecule has 0 bridgehead atoms. The van der Waals surface area contributed by atoms with Crippen LogP contribution in [0.2, 0.25) is 0 Å². The highest BCUT2D eigenvalue weighted by Crippen LogP contribution is 2.29. The molecule has 2 aromatic carbocycles. The first-order valence-electron chi connectivity index (χ1n) is 5.97. The lowest BCUT2D eigenvalue weighted by Gasteiger charge is -2.18. The first kappa shape index (κ1) is 15.8. The molecule has 0 spiro atoms. The van der Waals surface area contributed by atoms with E-state index in [9.17, 15) is 13.2 Å². The van der Waals surface area contributed by atoms with E-state index in [2.05, 4.69) is 26.1 Å². The second kappa shape index (κ2) is 6.93. The fourth-order valence-electron chi connectivity index (χ4n) is 1.97. The van der Waals surface area contributed by atoms with Gasteiger partial charge in [-0.2, -0.15) is 8.78 Å². The second-order valence-corrected chi connectivity index (χ2v) is 5.13. The molecule has 1 unspecified atom stereocenters. The molecule has 21 heavy (non-hydrogen) atoms. The number of hydrazine groups is 1. The Labute approximate surface area is 128 Å². The van der Waals surface area contributed by atoms with Crippen molar-refractivity contribution in [2.45, 2.75) is 12.7 Å². The summed E-state index contributed by atoms with van der Waals surface area (Å²) in [6.07, 6.45) is 0. The fraction of sp³-hybridized carbons (Fsp3) is 0.143. The molecule has 0 fully saturated rings. The number of alkyl halides is 2. The zero-order valence-electron chi connectivity index (χ0n) is 10.7. The Balaban J connectivity index is 2.39. The van der Waals surface area contributed by atoms with E-state index in [-0.39, 0.29) is 5.75 Å². The summed E-state index contributed by atoms with van der Waals surface area (Å²) in [6.45, 7) is -2.92. The van der Waals surface area contributed by atoms with Crippen molar-refractivity contribution in [1.29, 1.82) is 0 Å². The summed E-state index contributed by atoms with van der Waals surface area (Å²) < 4.78 is 43.4. The number of ether oxygens (including phenoxy) is 1. The van der Waals surface area contributed by atoms with Crippen molar-refractivity contribution >= 4 is 15.9 Å². The number of hydrogen-bond donors (Lipinski definition) is 2. The van der Waals surface area contributed by atoms with E-state index >= 15 is 0 Å². The topological polar surface area (TPSA) is 47.3 Å². The summed E-state index contributed by atoms with van der Waals surface area (Å²) >= 11 is 3.25. The van der Waals surface area contributed by atoms with Crippen LogP contribution >= 0.6 is 15.9 Å². The third kappa shape index (κ3) is 3.96. The van der Waals surface area contributed by atoms with E-state index in [0.717, 1.165) is 0 Å². The molecule has 0 aromatic heterocycles. The van der Waals surface area contributed by atoms with Gasteiger partial charge in [-0.1, -0.05) is 28.1 Å². The number of halogens is 4. The molecule has 2 rings (SSSR count). The quantitative estimate of drug-likeness (QED) is 0.630. The highest BCUT2D eigenvalue weighted by Gasteiger charge is 2.18. The molecule has 1 atom stereocenters. The average Bonchev–Trinajstić information content (AvgIpc) is 2.43. The summed E-state index contributed by atoms with van der Waals surface area (Å²) in [6, 6.07) is 9.68. The van der Waals surface area contributed by atoms with Gasteiger partial charge >= 0.3 is 6.61 Å². The van der Waals surface area contributed by atoms with Crippen LogP contribution in [0.15, 0.2) is 46.9 Å². The predicted molar refractivity (Wildman–Crippen MR) is 76.3 cm³/mol. The Morgan fingerprint density at radius 2 is 1.90 bits per heavy atom. The molecular formula is C14H12BrF3N2O. The van der Waals surface area contributed by atoms with Crippen LogP contribution in [0.5, 0.6) is 5.75 Å². The van der Waals surface area contributed by atoms with Gasteiger partial charge in [0.15, 0.2) is 0 Å². The molecular weight excluding hydrogens is 349 g/mol. The maximum atomic E-state index is 13.9. The van der Waals surface area contributed by atoms with Crippen LogP contribution in [0.3, 0.4) is 0 Å². The molecule has 0 aliphatic rings. The molecule has 3 nitrogen and oxygen atoms in total. The Bertz CT molecular complexity index is 625. The minimum absolute atomic E-state index is 0.0156. The summed E-state index contributed by atoms with van der Waals surface area (Å²) in [5.74, 6) is 5.01. The monoisotopic (exact) mass is 360 g/mol. The third-order valence-corrected chi connectivity index (χ3v) is 3.35. The Kier molecular flexibility index (Phi) is 5.22. The SMILES string of the molecule is NNC(c1cccc(OC(F)F)c1)c1cc(Br)ccc1F. The van der Waals surface area contributed by atoms with Gasteiger partial charge in [0.1, 0.15) is 11.6 Å². The number of benzene rings is 2. The van der Waals surface area contributed by atoms with Crippen molar-refractivity contribution in [2.75, 3.05) is 0 Å². The molecule has 112 valence electrons. The van der Waals surface area contributed by atoms with Gasteiger partial charge in [0, 0.05) is 10.0 Å². The molecule has 2 aromatic rings. The van der Waals surface area contributed by atoms with Crippen molar-refractivity contribution in [1.82, 2.24) is 5.43 Å². The number of rotatable bonds is 5. The van der Waals surface area contributed by atoms with E-state index in [1.165, 1.54) is 24.3 Å². The lowest BCUT2D eigenvalue weighted by atomic mass is 9.98. The summed E-state index contributed by atoms with van der Waals surface area (Å²) in [5.41, 5.74) is 3.28. The van der Waals surface area contributed by atoms with Crippen LogP contribution in [0.4, 0.5) is 13.2 Å². The molecule has 0 radical (unpaired) electrons. The zero-order valence-corrected chi connectivity index (χ0v) is 12.3. The minimum Gasteiger partial charge on any atom is -0.435 e. The summed E-state index contributed by atoms with van der Waals surface area (Å²) in [5, 5.41) is 0. The fourth-order valence-corrected chi connectivity index (χ4v) is 2.35. The third-order valence-electron chi connectivity index (χ3n) is 2.85. The molecule has 0 heterocycles. The van der Waals surface area contributed by atoms with Gasteiger partial charge < -0.3 is 4.74 Å². The molecule has 0 aliphatic heterocycles. The number of nitrogens with two attached hydrogens (primary N) is 1. The molecule has 0 saturated carbocycles. The van der Waals surface area contributed by atoms with Crippen LogP contribution in [0.1, 0.15) is 17.2 Å². The summed E-state index contributed by atoms with van der Waals surface area (Å²) in [7, 11) is 0. The lowest BCUT2D eigenvalue weighted by molar-refractivity contribution is -0.0498. The highest BCUT2D eigenvalue weighted by molar-refractivity contribution is 9.10. The first-order chi connectivity index (χ1) is 10.0. The Morgan fingerprint density at radius 1 is 1.14 bits per heavy atom. The Morgan fingerprint density at radius 3 is 2.57 bits per heavy atom. The predicted octanol–water partition coefficient (Wildman–Crippen LogP) is 3.74. The number of nitrogens with one attached hydrogen (secondary N) is 1. The zero-order chi connectivity index (χ0) is 15.4.